The zero-order valence-electron chi connectivity index (χ0n) is 11.3. The number of ether oxygens (including phenoxy) is 1. The van der Waals surface area contributed by atoms with E-state index in [9.17, 15) is 18.0 Å². The molecule has 9 heteroatoms. The zero-order chi connectivity index (χ0) is 15.9. The van der Waals surface area contributed by atoms with E-state index >= 15 is 0 Å². The first-order valence-corrected chi connectivity index (χ1v) is 6.95. The van der Waals surface area contributed by atoms with Crippen molar-refractivity contribution in [2.24, 2.45) is 0 Å². The molecule has 0 saturated carbocycles. The van der Waals surface area contributed by atoms with E-state index in [0.29, 0.717) is 22.4 Å². The second kappa shape index (κ2) is 8.18. The van der Waals surface area contributed by atoms with Gasteiger partial charge in [-0.15, -0.1) is 0 Å². The highest BCUT2D eigenvalue weighted by Crippen LogP contribution is 2.18. The van der Waals surface area contributed by atoms with Crippen LogP contribution in [0, 0.1) is 0 Å². The highest BCUT2D eigenvalue weighted by molar-refractivity contribution is 9.10. The molecule has 0 saturated heterocycles. The number of nitrogens with zero attached hydrogens (tertiary/aromatic N) is 1. The molecule has 1 aromatic rings. The van der Waals surface area contributed by atoms with Crippen molar-refractivity contribution in [1.82, 2.24) is 10.3 Å². The molecule has 1 heterocycles. The van der Waals surface area contributed by atoms with Gasteiger partial charge < -0.3 is 15.4 Å². The van der Waals surface area contributed by atoms with Crippen LogP contribution in [0.3, 0.4) is 0 Å². The topological polar surface area (TPSA) is 63.2 Å². The Kier molecular flexibility index (Phi) is 6.90. The number of hydrogen-bond acceptors (Lipinski definition) is 4. The lowest BCUT2D eigenvalue weighted by atomic mass is 10.2. The average Bonchev–Trinajstić information content (AvgIpc) is 2.39. The van der Waals surface area contributed by atoms with Crippen LogP contribution in [0.1, 0.15) is 17.3 Å². The van der Waals surface area contributed by atoms with E-state index in [1.54, 1.807) is 12.3 Å². The van der Waals surface area contributed by atoms with E-state index in [4.69, 9.17) is 0 Å². The van der Waals surface area contributed by atoms with E-state index in [0.717, 1.165) is 0 Å². The molecule has 21 heavy (non-hydrogen) atoms. The predicted octanol–water partition coefficient (Wildman–Crippen LogP) is 2.58. The Balaban J connectivity index is 2.50. The number of nitrogens with one attached hydrogen (secondary N) is 2. The number of rotatable bonds is 7. The maximum absolute atomic E-state index is 12.0. The maximum Gasteiger partial charge on any atom is 0.411 e. The highest BCUT2D eigenvalue weighted by Gasteiger charge is 2.27. The van der Waals surface area contributed by atoms with Gasteiger partial charge in [-0.25, -0.2) is 4.98 Å². The van der Waals surface area contributed by atoms with Gasteiger partial charge in [0, 0.05) is 23.8 Å². The Morgan fingerprint density at radius 1 is 1.48 bits per heavy atom. The van der Waals surface area contributed by atoms with E-state index in [1.807, 2.05) is 6.92 Å². The summed E-state index contributed by atoms with van der Waals surface area (Å²) >= 11 is 3.21. The van der Waals surface area contributed by atoms with Crippen molar-refractivity contribution in [3.8, 4) is 0 Å². The van der Waals surface area contributed by atoms with Crippen LogP contribution in [0.15, 0.2) is 16.7 Å². The van der Waals surface area contributed by atoms with Crippen molar-refractivity contribution in [2.45, 2.75) is 13.1 Å². The van der Waals surface area contributed by atoms with E-state index in [2.05, 4.69) is 36.3 Å². The molecule has 5 nitrogen and oxygen atoms in total. The van der Waals surface area contributed by atoms with Gasteiger partial charge in [0.15, 0.2) is 0 Å². The molecule has 0 aromatic carbocycles. The molecule has 0 bridgehead atoms. The van der Waals surface area contributed by atoms with Gasteiger partial charge in [0.05, 0.1) is 12.2 Å². The van der Waals surface area contributed by atoms with Crippen molar-refractivity contribution >= 4 is 27.7 Å². The number of alkyl halides is 3. The van der Waals surface area contributed by atoms with E-state index in [-0.39, 0.29) is 13.2 Å². The van der Waals surface area contributed by atoms with Gasteiger partial charge in [0.25, 0.3) is 5.91 Å². The number of aromatic nitrogens is 1. The first-order valence-electron chi connectivity index (χ1n) is 6.15. The fourth-order valence-electron chi connectivity index (χ4n) is 1.44. The fraction of sp³-hybridized carbons (Fsp3) is 0.500. The third-order valence-corrected chi connectivity index (χ3v) is 2.67. The summed E-state index contributed by atoms with van der Waals surface area (Å²) in [6, 6.07) is 1.58. The van der Waals surface area contributed by atoms with Crippen LogP contribution in [0.2, 0.25) is 0 Å². The Morgan fingerprint density at radius 2 is 2.19 bits per heavy atom. The molecule has 0 spiro atoms. The third kappa shape index (κ3) is 6.76. The zero-order valence-corrected chi connectivity index (χ0v) is 12.8. The van der Waals surface area contributed by atoms with Gasteiger partial charge >= 0.3 is 6.18 Å². The minimum atomic E-state index is -4.36. The van der Waals surface area contributed by atoms with Crippen LogP contribution in [0.4, 0.5) is 19.0 Å². The van der Waals surface area contributed by atoms with Crippen molar-refractivity contribution in [2.75, 3.05) is 31.6 Å². The number of carbonyl (C=O) groups excluding carboxylic acids is 1. The van der Waals surface area contributed by atoms with Crippen LogP contribution in [0.5, 0.6) is 0 Å². The molecular formula is C12H15BrF3N3O2. The summed E-state index contributed by atoms with van der Waals surface area (Å²) in [6.07, 6.45) is -2.82. The quantitative estimate of drug-likeness (QED) is 0.725. The third-order valence-electron chi connectivity index (χ3n) is 2.24. The largest absolute Gasteiger partial charge is 0.411 e. The Hall–Kier alpha value is -1.35. The summed E-state index contributed by atoms with van der Waals surface area (Å²) in [5, 5.41) is 5.41. The number of amides is 1. The maximum atomic E-state index is 12.0. The SMILES string of the molecule is CCNc1ncc(Br)cc1C(=O)NCCOCC(F)(F)F. The van der Waals surface area contributed by atoms with Crippen LogP contribution in [0.25, 0.3) is 0 Å². The van der Waals surface area contributed by atoms with Crippen LogP contribution in [-0.2, 0) is 4.74 Å². The minimum Gasteiger partial charge on any atom is -0.370 e. The van der Waals surface area contributed by atoms with Crippen molar-refractivity contribution < 1.29 is 22.7 Å². The normalized spacial score (nSPS) is 11.3. The number of carbonyl (C=O) groups is 1. The molecule has 0 aliphatic carbocycles. The highest BCUT2D eigenvalue weighted by atomic mass is 79.9. The lowest BCUT2D eigenvalue weighted by Gasteiger charge is -2.11. The fourth-order valence-corrected chi connectivity index (χ4v) is 1.77. The van der Waals surface area contributed by atoms with E-state index < -0.39 is 18.7 Å². The summed E-state index contributed by atoms with van der Waals surface area (Å²) in [4.78, 5) is 16.0. The first kappa shape index (κ1) is 17.7. The van der Waals surface area contributed by atoms with Crippen LogP contribution in [-0.4, -0.2) is 43.4 Å². The van der Waals surface area contributed by atoms with Gasteiger partial charge in [-0.1, -0.05) is 0 Å². The molecule has 2 N–H and O–H groups in total. The lowest BCUT2D eigenvalue weighted by molar-refractivity contribution is -0.173. The summed E-state index contributed by atoms with van der Waals surface area (Å²) in [6.45, 7) is 0.875. The molecule has 1 aromatic heterocycles. The summed E-state index contributed by atoms with van der Waals surface area (Å²) in [5.41, 5.74) is 0.307. The van der Waals surface area contributed by atoms with Crippen LogP contribution < -0.4 is 10.6 Å². The molecule has 0 radical (unpaired) electrons. The van der Waals surface area contributed by atoms with Gasteiger partial charge in [-0.3, -0.25) is 4.79 Å². The van der Waals surface area contributed by atoms with Gasteiger partial charge in [0.1, 0.15) is 12.4 Å². The van der Waals surface area contributed by atoms with Crippen LogP contribution >= 0.6 is 15.9 Å². The molecule has 118 valence electrons. The molecular weight excluding hydrogens is 355 g/mol. The van der Waals surface area contributed by atoms with E-state index in [1.165, 1.54) is 0 Å². The summed E-state index contributed by atoms with van der Waals surface area (Å²) in [7, 11) is 0. The first-order chi connectivity index (χ1) is 9.83. The molecule has 1 rings (SSSR count). The molecule has 0 unspecified atom stereocenters. The standard InChI is InChI=1S/C12H15BrF3N3O2/c1-2-17-10-9(5-8(13)6-19-10)11(20)18-3-4-21-7-12(14,15)16/h5-6H,2-4,7H2,1H3,(H,17,19)(H,18,20). The second-order valence-electron chi connectivity index (χ2n) is 4.00. The summed E-state index contributed by atoms with van der Waals surface area (Å²) < 4.78 is 40.6. The predicted molar refractivity (Wildman–Crippen MR) is 75.3 cm³/mol. The Bertz CT molecular complexity index is 483. The lowest BCUT2D eigenvalue weighted by Crippen LogP contribution is -2.29. The molecule has 1 amide bonds. The molecule has 0 aliphatic heterocycles. The Morgan fingerprint density at radius 3 is 2.81 bits per heavy atom. The van der Waals surface area contributed by atoms with Crippen molar-refractivity contribution in [1.29, 1.82) is 0 Å². The second-order valence-corrected chi connectivity index (χ2v) is 4.92. The van der Waals surface area contributed by atoms with Crippen molar-refractivity contribution in [3.63, 3.8) is 0 Å². The minimum absolute atomic E-state index is 0.0208. The van der Waals surface area contributed by atoms with Gasteiger partial charge in [0.2, 0.25) is 0 Å². The average molecular weight is 370 g/mol. The monoisotopic (exact) mass is 369 g/mol. The van der Waals surface area contributed by atoms with Crippen molar-refractivity contribution in [3.05, 3.63) is 22.3 Å². The number of pyridine rings is 1. The number of halogens is 4. The smallest absolute Gasteiger partial charge is 0.370 e. The number of anilines is 1. The summed E-state index contributed by atoms with van der Waals surface area (Å²) in [5.74, 6) is -0.0234. The Labute approximate surface area is 128 Å². The van der Waals surface area contributed by atoms with Gasteiger partial charge in [-0.05, 0) is 28.9 Å². The molecule has 0 fully saturated rings. The molecule has 0 aliphatic rings. The van der Waals surface area contributed by atoms with Gasteiger partial charge in [-0.2, -0.15) is 13.2 Å². The number of hydrogen-bond donors (Lipinski definition) is 2. The molecule has 0 atom stereocenters.